The standard InChI is InChI=1S/C19H23N5O3/c1-22-14-19(27-18(22)26)9-5-12-23(13-10-19)17(25)21-16-8-11-20-24(16)15-6-3-2-4-7-15/h2-4,6-8,11H,5,9-10,12-14H2,1H3,(H,21,25). The third-order valence-electron chi connectivity index (χ3n) is 5.20. The number of ether oxygens (including phenoxy) is 1. The lowest BCUT2D eigenvalue weighted by Crippen LogP contribution is -2.38. The third-order valence-corrected chi connectivity index (χ3v) is 5.20. The Morgan fingerprint density at radius 3 is 2.74 bits per heavy atom. The minimum absolute atomic E-state index is 0.164. The molecule has 3 amide bonds. The molecule has 1 unspecified atom stereocenters. The van der Waals surface area contributed by atoms with Crippen molar-refractivity contribution in [3.63, 3.8) is 0 Å². The van der Waals surface area contributed by atoms with E-state index in [0.29, 0.717) is 31.9 Å². The topological polar surface area (TPSA) is 79.7 Å². The normalized spacial score (nSPS) is 22.6. The molecule has 1 atom stereocenters. The molecule has 2 aliphatic heterocycles. The number of para-hydroxylation sites is 1. The molecule has 8 nitrogen and oxygen atoms in total. The van der Waals surface area contributed by atoms with Gasteiger partial charge in [0, 0.05) is 32.6 Å². The fourth-order valence-electron chi connectivity index (χ4n) is 3.78. The summed E-state index contributed by atoms with van der Waals surface area (Å²) in [6.45, 7) is 1.77. The molecule has 2 saturated heterocycles. The third kappa shape index (κ3) is 3.47. The molecule has 142 valence electrons. The highest BCUT2D eigenvalue weighted by Gasteiger charge is 2.44. The zero-order valence-electron chi connectivity index (χ0n) is 15.3. The number of amides is 3. The van der Waals surface area contributed by atoms with Gasteiger partial charge in [-0.1, -0.05) is 18.2 Å². The quantitative estimate of drug-likeness (QED) is 0.883. The Hall–Kier alpha value is -3.03. The van der Waals surface area contributed by atoms with Gasteiger partial charge in [0.25, 0.3) is 0 Å². The van der Waals surface area contributed by atoms with E-state index >= 15 is 0 Å². The van der Waals surface area contributed by atoms with Gasteiger partial charge in [-0.25, -0.2) is 14.3 Å². The van der Waals surface area contributed by atoms with Gasteiger partial charge >= 0.3 is 12.1 Å². The van der Waals surface area contributed by atoms with Crippen LogP contribution < -0.4 is 5.32 Å². The summed E-state index contributed by atoms with van der Waals surface area (Å²) in [7, 11) is 1.75. The minimum atomic E-state index is -0.466. The smallest absolute Gasteiger partial charge is 0.410 e. The van der Waals surface area contributed by atoms with E-state index in [1.165, 1.54) is 0 Å². The molecule has 3 heterocycles. The van der Waals surface area contributed by atoms with Crippen LogP contribution in [0.25, 0.3) is 5.69 Å². The summed E-state index contributed by atoms with van der Waals surface area (Å²) in [6, 6.07) is 11.3. The zero-order chi connectivity index (χ0) is 18.9. The number of hydrogen-bond acceptors (Lipinski definition) is 4. The average molecular weight is 369 g/mol. The molecule has 4 rings (SSSR count). The number of carbonyl (C=O) groups excluding carboxylic acids is 2. The van der Waals surface area contributed by atoms with Gasteiger partial charge in [-0.2, -0.15) is 5.10 Å². The van der Waals surface area contributed by atoms with E-state index in [-0.39, 0.29) is 12.1 Å². The highest BCUT2D eigenvalue weighted by atomic mass is 16.6. The van der Waals surface area contributed by atoms with Crippen molar-refractivity contribution in [2.75, 3.05) is 32.0 Å². The number of anilines is 1. The van der Waals surface area contributed by atoms with Crippen molar-refractivity contribution in [2.24, 2.45) is 0 Å². The van der Waals surface area contributed by atoms with Crippen molar-refractivity contribution < 1.29 is 14.3 Å². The first kappa shape index (κ1) is 17.4. The van der Waals surface area contributed by atoms with Gasteiger partial charge in [-0.05, 0) is 25.0 Å². The first-order valence-corrected chi connectivity index (χ1v) is 9.16. The Balaban J connectivity index is 1.43. The van der Waals surface area contributed by atoms with E-state index in [9.17, 15) is 9.59 Å². The monoisotopic (exact) mass is 369 g/mol. The summed E-state index contributed by atoms with van der Waals surface area (Å²) in [4.78, 5) is 27.9. The van der Waals surface area contributed by atoms with E-state index < -0.39 is 5.60 Å². The van der Waals surface area contributed by atoms with Crippen LogP contribution in [0, 0.1) is 0 Å². The number of nitrogens with zero attached hydrogens (tertiary/aromatic N) is 4. The molecule has 2 aliphatic rings. The lowest BCUT2D eigenvalue weighted by Gasteiger charge is -2.25. The Morgan fingerprint density at radius 1 is 1.19 bits per heavy atom. The second kappa shape index (κ2) is 6.94. The molecule has 8 heteroatoms. The van der Waals surface area contributed by atoms with Gasteiger partial charge in [-0.15, -0.1) is 0 Å². The number of carbonyl (C=O) groups is 2. The number of likely N-dealkylation sites (tertiary alicyclic amines) is 1. The molecular weight excluding hydrogens is 346 g/mol. The molecule has 1 aromatic heterocycles. The number of aromatic nitrogens is 2. The second-order valence-corrected chi connectivity index (χ2v) is 7.14. The summed E-state index contributed by atoms with van der Waals surface area (Å²) in [5, 5.41) is 7.25. The molecule has 2 fully saturated rings. The van der Waals surface area contributed by atoms with E-state index in [1.807, 2.05) is 30.3 Å². The second-order valence-electron chi connectivity index (χ2n) is 7.14. The Morgan fingerprint density at radius 2 is 2.00 bits per heavy atom. The molecule has 0 aliphatic carbocycles. The lowest BCUT2D eigenvalue weighted by atomic mass is 9.95. The van der Waals surface area contributed by atoms with Crippen LogP contribution in [0.3, 0.4) is 0 Å². The van der Waals surface area contributed by atoms with Crippen molar-refractivity contribution in [1.29, 1.82) is 0 Å². The lowest BCUT2D eigenvalue weighted by molar-refractivity contribution is 0.0454. The molecule has 2 aromatic rings. The van der Waals surface area contributed by atoms with Crippen molar-refractivity contribution in [3.05, 3.63) is 42.6 Å². The van der Waals surface area contributed by atoms with Gasteiger partial charge in [0.15, 0.2) is 0 Å². The molecule has 0 saturated carbocycles. The summed E-state index contributed by atoms with van der Waals surface area (Å²) < 4.78 is 7.31. The molecule has 0 radical (unpaired) electrons. The van der Waals surface area contributed by atoms with Crippen molar-refractivity contribution >= 4 is 17.9 Å². The predicted octanol–water partition coefficient (Wildman–Crippen LogP) is 2.71. The zero-order valence-corrected chi connectivity index (χ0v) is 15.3. The van der Waals surface area contributed by atoms with Gasteiger partial charge in [-0.3, -0.25) is 5.32 Å². The van der Waals surface area contributed by atoms with E-state index in [4.69, 9.17) is 4.74 Å². The highest BCUT2D eigenvalue weighted by Crippen LogP contribution is 2.32. The maximum Gasteiger partial charge on any atom is 0.410 e. The molecule has 1 N–H and O–H groups in total. The molecule has 1 spiro atoms. The van der Waals surface area contributed by atoms with Crippen LogP contribution in [0.5, 0.6) is 0 Å². The van der Waals surface area contributed by atoms with E-state index in [0.717, 1.165) is 18.5 Å². The van der Waals surface area contributed by atoms with Gasteiger partial charge in [0.2, 0.25) is 0 Å². The SMILES string of the molecule is CN1CC2(CCCN(C(=O)Nc3ccnn3-c3ccccc3)CC2)OC1=O. The maximum absolute atomic E-state index is 12.8. The van der Waals surface area contributed by atoms with E-state index in [2.05, 4.69) is 10.4 Å². The summed E-state index contributed by atoms with van der Waals surface area (Å²) in [6.07, 6.45) is 3.60. The minimum Gasteiger partial charge on any atom is -0.441 e. The first-order chi connectivity index (χ1) is 13.1. The number of nitrogens with one attached hydrogen (secondary N) is 1. The fourth-order valence-corrected chi connectivity index (χ4v) is 3.78. The van der Waals surface area contributed by atoms with Gasteiger partial charge in [0.1, 0.15) is 11.4 Å². The van der Waals surface area contributed by atoms with Crippen LogP contribution in [-0.4, -0.2) is 64.0 Å². The highest BCUT2D eigenvalue weighted by molar-refractivity contribution is 5.88. The van der Waals surface area contributed by atoms with Crippen LogP contribution >= 0.6 is 0 Å². The number of urea groups is 1. The average Bonchev–Trinajstić information content (AvgIpc) is 3.16. The number of benzene rings is 1. The largest absolute Gasteiger partial charge is 0.441 e. The summed E-state index contributed by atoms with van der Waals surface area (Å²) in [5.41, 5.74) is 0.417. The molecule has 1 aromatic carbocycles. The van der Waals surface area contributed by atoms with Gasteiger partial charge < -0.3 is 14.5 Å². The summed E-state index contributed by atoms with van der Waals surface area (Å²) in [5.74, 6) is 0.622. The van der Waals surface area contributed by atoms with Crippen LogP contribution in [0.4, 0.5) is 15.4 Å². The summed E-state index contributed by atoms with van der Waals surface area (Å²) >= 11 is 0. The maximum atomic E-state index is 12.8. The first-order valence-electron chi connectivity index (χ1n) is 9.16. The Labute approximate surface area is 157 Å². The van der Waals surface area contributed by atoms with Crippen LogP contribution in [-0.2, 0) is 4.74 Å². The van der Waals surface area contributed by atoms with Crippen molar-refractivity contribution in [3.8, 4) is 5.69 Å². The molecule has 0 bridgehead atoms. The molecular formula is C19H23N5O3. The predicted molar refractivity (Wildman–Crippen MR) is 99.8 cm³/mol. The Bertz CT molecular complexity index is 837. The van der Waals surface area contributed by atoms with Gasteiger partial charge in [0.05, 0.1) is 18.4 Å². The number of rotatable bonds is 2. The number of likely N-dealkylation sites (N-methyl/N-ethyl adjacent to an activating group) is 1. The van der Waals surface area contributed by atoms with Crippen molar-refractivity contribution in [2.45, 2.75) is 24.9 Å². The van der Waals surface area contributed by atoms with Crippen molar-refractivity contribution in [1.82, 2.24) is 19.6 Å². The van der Waals surface area contributed by atoms with Crippen LogP contribution in [0.2, 0.25) is 0 Å². The number of hydrogen-bond donors (Lipinski definition) is 1. The molecule has 27 heavy (non-hydrogen) atoms. The Kier molecular flexibility index (Phi) is 4.47. The van der Waals surface area contributed by atoms with Crippen LogP contribution in [0.1, 0.15) is 19.3 Å². The fraction of sp³-hybridized carbons (Fsp3) is 0.421. The van der Waals surface area contributed by atoms with E-state index in [1.54, 1.807) is 33.8 Å². The van der Waals surface area contributed by atoms with Crippen LogP contribution in [0.15, 0.2) is 42.6 Å².